The molecule has 7 heteroatoms. The Balaban J connectivity index is 3.10. The number of phenols is 1. The van der Waals surface area contributed by atoms with E-state index >= 15 is 0 Å². The van der Waals surface area contributed by atoms with Gasteiger partial charge in [-0.25, -0.2) is 0 Å². The first-order valence-corrected chi connectivity index (χ1v) is 3.85. The molecule has 1 rings (SSSR count). The van der Waals surface area contributed by atoms with E-state index in [0.717, 1.165) is 12.1 Å². The van der Waals surface area contributed by atoms with Crippen LogP contribution in [-0.2, 0) is 0 Å². The van der Waals surface area contributed by atoms with Crippen molar-refractivity contribution in [2.24, 2.45) is 0 Å². The normalized spacial score (nSPS) is 13.5. The summed E-state index contributed by atoms with van der Waals surface area (Å²) in [6.07, 6.45) is -2.67. The number of para-hydroxylation sites is 1. The number of hydrogen-bond donors (Lipinski definition) is 2. The van der Waals surface area contributed by atoms with E-state index in [9.17, 15) is 18.9 Å². The largest absolute Gasteiger partial charge is 0.541 e. The lowest BCUT2D eigenvalue weighted by molar-refractivity contribution is -0.659. The number of benzene rings is 1. The van der Waals surface area contributed by atoms with Gasteiger partial charge in [-0.15, -0.1) is 8.78 Å². The van der Waals surface area contributed by atoms with E-state index in [4.69, 9.17) is 10.2 Å². The maximum absolute atomic E-state index is 12.7. The van der Waals surface area contributed by atoms with Gasteiger partial charge >= 0.3 is 6.05 Å². The van der Waals surface area contributed by atoms with E-state index in [1.54, 1.807) is 0 Å². The summed E-state index contributed by atoms with van der Waals surface area (Å²) >= 11 is 0. The lowest BCUT2D eigenvalue weighted by atomic mass is 10.1. The zero-order valence-corrected chi connectivity index (χ0v) is 7.30. The van der Waals surface area contributed by atoms with Crippen molar-refractivity contribution < 1.29 is 23.9 Å². The fraction of sp³-hybridized carbons (Fsp3) is 0.250. The number of aromatic hydroxyl groups is 1. The molecule has 0 bridgehead atoms. The van der Waals surface area contributed by atoms with Crippen molar-refractivity contribution in [3.8, 4) is 5.75 Å². The van der Waals surface area contributed by atoms with Gasteiger partial charge in [0.25, 0.3) is 0 Å². The molecular weight excluding hydrogens is 212 g/mol. The Morgan fingerprint density at radius 3 is 2.40 bits per heavy atom. The number of nitrogens with zero attached hydrogens (tertiary/aromatic N) is 1. The molecule has 0 aromatic heterocycles. The molecule has 82 valence electrons. The van der Waals surface area contributed by atoms with Crippen molar-refractivity contribution in [2.45, 2.75) is 12.2 Å². The van der Waals surface area contributed by atoms with Gasteiger partial charge in [0.15, 0.2) is 0 Å². The van der Waals surface area contributed by atoms with Crippen LogP contribution in [0.2, 0.25) is 0 Å². The molecule has 0 fully saturated rings. The number of rotatable bonds is 3. The number of phenolic OH excluding ortho intramolecular Hbond substituents is 1. The first-order valence-electron chi connectivity index (χ1n) is 3.85. The molecule has 0 aliphatic rings. The number of hydrogen-bond acceptors (Lipinski definition) is 4. The van der Waals surface area contributed by atoms with Crippen LogP contribution in [0.1, 0.15) is 11.7 Å². The van der Waals surface area contributed by atoms with Gasteiger partial charge in [-0.1, -0.05) is 18.2 Å². The molecule has 15 heavy (non-hydrogen) atoms. The van der Waals surface area contributed by atoms with Crippen molar-refractivity contribution in [3.63, 3.8) is 0 Å². The van der Waals surface area contributed by atoms with Gasteiger partial charge in [0, 0.05) is 5.56 Å². The van der Waals surface area contributed by atoms with Gasteiger partial charge in [-0.05, 0) is 6.07 Å². The molecule has 0 aliphatic heterocycles. The average molecular weight is 219 g/mol. The van der Waals surface area contributed by atoms with Crippen LogP contribution in [0.25, 0.3) is 0 Å². The third-order valence-electron chi connectivity index (χ3n) is 1.80. The van der Waals surface area contributed by atoms with Crippen LogP contribution in [0.15, 0.2) is 24.3 Å². The summed E-state index contributed by atoms with van der Waals surface area (Å²) < 4.78 is 25.5. The van der Waals surface area contributed by atoms with Gasteiger partial charge in [0.1, 0.15) is 5.75 Å². The minimum Gasteiger partial charge on any atom is -0.508 e. The van der Waals surface area contributed by atoms with Crippen molar-refractivity contribution >= 4 is 0 Å². The summed E-state index contributed by atoms with van der Waals surface area (Å²) in [7, 11) is 0. The summed E-state index contributed by atoms with van der Waals surface area (Å²) in [5, 5.41) is 28.1. The Kier molecular flexibility index (Phi) is 2.85. The van der Waals surface area contributed by atoms with Gasteiger partial charge in [0.2, 0.25) is 6.10 Å². The Labute approximate surface area is 82.7 Å². The van der Waals surface area contributed by atoms with Crippen molar-refractivity contribution in [1.29, 1.82) is 0 Å². The third kappa shape index (κ3) is 2.01. The molecule has 5 nitrogen and oxygen atoms in total. The minimum atomic E-state index is -4.53. The highest BCUT2D eigenvalue weighted by molar-refractivity contribution is 5.34. The molecule has 1 aromatic rings. The van der Waals surface area contributed by atoms with E-state index in [1.807, 2.05) is 0 Å². The number of halogens is 2. The summed E-state index contributed by atoms with van der Waals surface area (Å²) in [5.41, 5.74) is -0.584. The molecule has 0 aliphatic carbocycles. The van der Waals surface area contributed by atoms with Crippen LogP contribution in [0.4, 0.5) is 8.78 Å². The van der Waals surface area contributed by atoms with Crippen molar-refractivity contribution in [1.82, 2.24) is 0 Å². The van der Waals surface area contributed by atoms with Crippen LogP contribution in [-0.4, -0.2) is 21.2 Å². The monoisotopic (exact) mass is 219 g/mol. The van der Waals surface area contributed by atoms with Crippen LogP contribution < -0.4 is 0 Å². The second-order valence-corrected chi connectivity index (χ2v) is 2.81. The van der Waals surface area contributed by atoms with Crippen LogP contribution in [0, 0.1) is 10.1 Å². The average Bonchev–Trinajstić information content (AvgIpc) is 2.17. The highest BCUT2D eigenvalue weighted by atomic mass is 19.3. The number of aliphatic hydroxyl groups is 1. The molecule has 0 spiro atoms. The smallest absolute Gasteiger partial charge is 0.508 e. The summed E-state index contributed by atoms with van der Waals surface area (Å²) in [6, 6.07) is 0.120. The van der Waals surface area contributed by atoms with Crippen LogP contribution >= 0.6 is 0 Å². The highest BCUT2D eigenvalue weighted by Crippen LogP contribution is 2.35. The topological polar surface area (TPSA) is 83.6 Å². The second kappa shape index (κ2) is 3.77. The molecule has 1 atom stereocenters. The number of alkyl halides is 2. The SMILES string of the molecule is O=[N+]([O-])C(F)(F)C(O)c1ccccc1O. The van der Waals surface area contributed by atoms with Crippen LogP contribution in [0.3, 0.4) is 0 Å². The molecule has 0 radical (unpaired) electrons. The predicted molar refractivity (Wildman–Crippen MR) is 45.0 cm³/mol. The molecule has 0 amide bonds. The fourth-order valence-corrected chi connectivity index (χ4v) is 1.01. The Hall–Kier alpha value is -1.76. The molecular formula is C8H7F2NO4. The minimum absolute atomic E-state index is 0.584. The van der Waals surface area contributed by atoms with E-state index in [2.05, 4.69) is 0 Å². The Morgan fingerprint density at radius 2 is 1.93 bits per heavy atom. The highest BCUT2D eigenvalue weighted by Gasteiger charge is 2.53. The fourth-order valence-electron chi connectivity index (χ4n) is 1.01. The zero-order valence-electron chi connectivity index (χ0n) is 7.30. The first-order chi connectivity index (χ1) is 6.87. The second-order valence-electron chi connectivity index (χ2n) is 2.81. The first kappa shape index (κ1) is 11.3. The number of aliphatic hydroxyl groups excluding tert-OH is 1. The maximum Gasteiger partial charge on any atom is 0.541 e. The molecule has 1 aromatic carbocycles. The molecule has 1 unspecified atom stereocenters. The van der Waals surface area contributed by atoms with E-state index in [0.29, 0.717) is 0 Å². The predicted octanol–water partition coefficient (Wildman–Crippen LogP) is 1.30. The van der Waals surface area contributed by atoms with Crippen molar-refractivity contribution in [3.05, 3.63) is 39.9 Å². The lowest BCUT2D eigenvalue weighted by Crippen LogP contribution is -2.35. The molecule has 0 heterocycles. The van der Waals surface area contributed by atoms with Crippen LogP contribution in [0.5, 0.6) is 5.75 Å². The van der Waals surface area contributed by atoms with E-state index < -0.39 is 28.4 Å². The molecule has 0 saturated heterocycles. The summed E-state index contributed by atoms with van der Waals surface area (Å²) in [4.78, 5) is 8.06. The van der Waals surface area contributed by atoms with Gasteiger partial charge < -0.3 is 10.2 Å². The molecule has 0 saturated carbocycles. The quantitative estimate of drug-likeness (QED) is 0.456. The van der Waals surface area contributed by atoms with Gasteiger partial charge in [0.05, 0.1) is 4.92 Å². The summed E-state index contributed by atoms with van der Waals surface area (Å²) in [5.74, 6) is -0.619. The van der Waals surface area contributed by atoms with Gasteiger partial charge in [-0.2, -0.15) is 0 Å². The van der Waals surface area contributed by atoms with E-state index in [-0.39, 0.29) is 0 Å². The lowest BCUT2D eigenvalue weighted by Gasteiger charge is -2.15. The standard InChI is InChI=1S/C8H7F2NO4/c9-8(10,11(14)15)7(13)5-3-1-2-4-6(5)12/h1-4,7,12-13H. The molecule has 2 N–H and O–H groups in total. The van der Waals surface area contributed by atoms with Crippen molar-refractivity contribution in [2.75, 3.05) is 0 Å². The Morgan fingerprint density at radius 1 is 1.40 bits per heavy atom. The van der Waals surface area contributed by atoms with Gasteiger partial charge in [-0.3, -0.25) is 10.1 Å². The summed E-state index contributed by atoms with van der Waals surface area (Å²) in [6.45, 7) is 0. The Bertz CT molecular complexity index is 383. The third-order valence-corrected chi connectivity index (χ3v) is 1.80. The van der Waals surface area contributed by atoms with E-state index in [1.165, 1.54) is 12.1 Å². The number of nitro groups is 1. The maximum atomic E-state index is 12.7. The zero-order chi connectivity index (χ0) is 11.6.